The van der Waals surface area contributed by atoms with Gasteiger partial charge in [0.2, 0.25) is 0 Å². The number of phenolic OH excluding ortho intramolecular Hbond substituents is 1. The fraction of sp³-hybridized carbons (Fsp3) is 0.294. The molecule has 0 radical (unpaired) electrons. The number of hydrogen-bond donors (Lipinski definition) is 1. The van der Waals surface area contributed by atoms with Crippen molar-refractivity contribution in [1.82, 2.24) is 4.98 Å². The zero-order valence-electron chi connectivity index (χ0n) is 12.2. The summed E-state index contributed by atoms with van der Waals surface area (Å²) in [6, 6.07) is 8.92. The van der Waals surface area contributed by atoms with E-state index < -0.39 is 0 Å². The summed E-state index contributed by atoms with van der Waals surface area (Å²) in [6.07, 6.45) is 3.83. The normalized spacial score (nSPS) is 11.9. The average Bonchev–Trinajstić information content (AvgIpc) is 2.48. The first-order valence-electron chi connectivity index (χ1n) is 7.00. The van der Waals surface area contributed by atoms with E-state index >= 15 is 0 Å². The number of esters is 1. The number of phenols is 1. The zero-order chi connectivity index (χ0) is 15.2. The predicted octanol–water partition coefficient (Wildman–Crippen LogP) is 3.51. The standard InChI is InChI=1S/C17H19NO3/c1-3-21-17(20)10-12(2)16-11-18-9-8-15(16)13-4-6-14(19)7-5-13/h4-9,11-12,19H,3,10H2,1-2H3/t12-/m0/s1. The SMILES string of the molecule is CCOC(=O)C[C@H](C)c1cnccc1-c1ccc(O)cc1. The second kappa shape index (κ2) is 6.88. The molecule has 0 saturated heterocycles. The van der Waals surface area contributed by atoms with E-state index in [1.165, 1.54) is 0 Å². The van der Waals surface area contributed by atoms with Gasteiger partial charge in [0.25, 0.3) is 0 Å². The lowest BCUT2D eigenvalue weighted by molar-refractivity contribution is -0.143. The molecule has 4 nitrogen and oxygen atoms in total. The van der Waals surface area contributed by atoms with E-state index in [1.807, 2.05) is 25.1 Å². The van der Waals surface area contributed by atoms with Gasteiger partial charge in [-0.1, -0.05) is 19.1 Å². The van der Waals surface area contributed by atoms with Crippen LogP contribution in [0.25, 0.3) is 11.1 Å². The highest BCUT2D eigenvalue weighted by Gasteiger charge is 2.16. The van der Waals surface area contributed by atoms with Crippen LogP contribution in [0.1, 0.15) is 31.7 Å². The van der Waals surface area contributed by atoms with Gasteiger partial charge in [-0.05, 0) is 47.7 Å². The van der Waals surface area contributed by atoms with E-state index in [-0.39, 0.29) is 17.6 Å². The monoisotopic (exact) mass is 285 g/mol. The van der Waals surface area contributed by atoms with Gasteiger partial charge in [-0.25, -0.2) is 0 Å². The number of nitrogens with zero attached hydrogens (tertiary/aromatic N) is 1. The molecule has 0 unspecified atom stereocenters. The highest BCUT2D eigenvalue weighted by atomic mass is 16.5. The number of pyridine rings is 1. The van der Waals surface area contributed by atoms with Crippen molar-refractivity contribution < 1.29 is 14.6 Å². The van der Waals surface area contributed by atoms with Crippen LogP contribution < -0.4 is 0 Å². The third-order valence-corrected chi connectivity index (χ3v) is 3.34. The number of carbonyl (C=O) groups excluding carboxylic acids is 1. The number of benzene rings is 1. The third kappa shape index (κ3) is 3.81. The van der Waals surface area contributed by atoms with Gasteiger partial charge in [0.1, 0.15) is 5.75 Å². The highest BCUT2D eigenvalue weighted by molar-refractivity contribution is 5.73. The molecule has 110 valence electrons. The number of hydrogen-bond acceptors (Lipinski definition) is 4. The molecule has 0 aliphatic carbocycles. The van der Waals surface area contributed by atoms with Gasteiger partial charge in [-0.2, -0.15) is 0 Å². The van der Waals surface area contributed by atoms with Crippen LogP contribution in [0.5, 0.6) is 5.75 Å². The van der Waals surface area contributed by atoms with Crippen molar-refractivity contribution in [3.8, 4) is 16.9 Å². The molecular weight excluding hydrogens is 266 g/mol. The van der Waals surface area contributed by atoms with E-state index in [0.29, 0.717) is 13.0 Å². The summed E-state index contributed by atoms with van der Waals surface area (Å²) in [4.78, 5) is 15.8. The fourth-order valence-corrected chi connectivity index (χ4v) is 2.28. The van der Waals surface area contributed by atoms with Crippen molar-refractivity contribution in [3.05, 3.63) is 48.3 Å². The van der Waals surface area contributed by atoms with Crippen LogP contribution in [0, 0.1) is 0 Å². The van der Waals surface area contributed by atoms with Crippen LogP contribution in [0.3, 0.4) is 0 Å². The van der Waals surface area contributed by atoms with E-state index in [4.69, 9.17) is 4.74 Å². The first-order valence-corrected chi connectivity index (χ1v) is 7.00. The fourth-order valence-electron chi connectivity index (χ4n) is 2.28. The highest BCUT2D eigenvalue weighted by Crippen LogP contribution is 2.31. The zero-order valence-corrected chi connectivity index (χ0v) is 12.2. The second-order valence-electron chi connectivity index (χ2n) is 4.92. The van der Waals surface area contributed by atoms with Crippen LogP contribution in [-0.2, 0) is 9.53 Å². The maximum Gasteiger partial charge on any atom is 0.306 e. The minimum Gasteiger partial charge on any atom is -0.508 e. The number of carbonyl (C=O) groups is 1. The Bertz CT molecular complexity index is 608. The third-order valence-electron chi connectivity index (χ3n) is 3.34. The smallest absolute Gasteiger partial charge is 0.306 e. The number of aromatic nitrogens is 1. The minimum atomic E-state index is -0.203. The van der Waals surface area contributed by atoms with Crippen LogP contribution in [0.4, 0.5) is 0 Å². The molecule has 2 aromatic rings. The molecule has 1 atom stereocenters. The van der Waals surface area contributed by atoms with Crippen molar-refractivity contribution in [2.45, 2.75) is 26.2 Å². The number of rotatable bonds is 5. The molecule has 21 heavy (non-hydrogen) atoms. The van der Waals surface area contributed by atoms with Crippen LogP contribution in [0.2, 0.25) is 0 Å². The lowest BCUT2D eigenvalue weighted by Crippen LogP contribution is -2.09. The van der Waals surface area contributed by atoms with Gasteiger partial charge in [0.15, 0.2) is 0 Å². The molecule has 0 spiro atoms. The Morgan fingerprint density at radius 3 is 2.67 bits per heavy atom. The molecule has 2 rings (SSSR count). The van der Waals surface area contributed by atoms with Gasteiger partial charge in [0.05, 0.1) is 13.0 Å². The molecule has 0 aliphatic rings. The molecular formula is C17H19NO3. The van der Waals surface area contributed by atoms with Crippen molar-refractivity contribution in [2.24, 2.45) is 0 Å². The summed E-state index contributed by atoms with van der Waals surface area (Å²) in [7, 11) is 0. The van der Waals surface area contributed by atoms with Crippen molar-refractivity contribution in [1.29, 1.82) is 0 Å². The number of aromatic hydroxyl groups is 1. The Balaban J connectivity index is 2.28. The van der Waals surface area contributed by atoms with Crippen LogP contribution >= 0.6 is 0 Å². The summed E-state index contributed by atoms with van der Waals surface area (Å²) in [5, 5.41) is 9.39. The lowest BCUT2D eigenvalue weighted by atomic mass is 9.91. The Kier molecular flexibility index (Phi) is 4.93. The van der Waals surface area contributed by atoms with E-state index in [1.54, 1.807) is 31.5 Å². The second-order valence-corrected chi connectivity index (χ2v) is 4.92. The minimum absolute atomic E-state index is 0.0153. The predicted molar refractivity (Wildman–Crippen MR) is 81.0 cm³/mol. The Morgan fingerprint density at radius 1 is 1.29 bits per heavy atom. The first-order chi connectivity index (χ1) is 10.1. The summed E-state index contributed by atoms with van der Waals surface area (Å²) >= 11 is 0. The Morgan fingerprint density at radius 2 is 2.00 bits per heavy atom. The summed E-state index contributed by atoms with van der Waals surface area (Å²) in [5.41, 5.74) is 3.00. The van der Waals surface area contributed by atoms with Crippen LogP contribution in [0.15, 0.2) is 42.7 Å². The molecule has 0 bridgehead atoms. The maximum absolute atomic E-state index is 11.6. The summed E-state index contributed by atoms with van der Waals surface area (Å²) in [5.74, 6) is 0.0426. The topological polar surface area (TPSA) is 59.4 Å². The molecule has 1 aromatic heterocycles. The van der Waals surface area contributed by atoms with E-state index in [0.717, 1.165) is 16.7 Å². The van der Waals surface area contributed by atoms with Gasteiger partial charge < -0.3 is 9.84 Å². The van der Waals surface area contributed by atoms with Crippen molar-refractivity contribution in [2.75, 3.05) is 6.61 Å². The van der Waals surface area contributed by atoms with Crippen LogP contribution in [-0.4, -0.2) is 22.7 Å². The molecule has 0 saturated carbocycles. The van der Waals surface area contributed by atoms with Crippen molar-refractivity contribution in [3.63, 3.8) is 0 Å². The first kappa shape index (κ1) is 15.0. The molecule has 1 aromatic carbocycles. The van der Waals surface area contributed by atoms with Gasteiger partial charge >= 0.3 is 5.97 Å². The van der Waals surface area contributed by atoms with Gasteiger partial charge in [0, 0.05) is 12.4 Å². The average molecular weight is 285 g/mol. The van der Waals surface area contributed by atoms with Gasteiger partial charge in [-0.3, -0.25) is 9.78 Å². The maximum atomic E-state index is 11.6. The van der Waals surface area contributed by atoms with E-state index in [9.17, 15) is 9.90 Å². The van der Waals surface area contributed by atoms with E-state index in [2.05, 4.69) is 4.98 Å². The molecule has 0 aliphatic heterocycles. The quantitative estimate of drug-likeness (QED) is 0.854. The van der Waals surface area contributed by atoms with Gasteiger partial charge in [-0.15, -0.1) is 0 Å². The number of ether oxygens (including phenoxy) is 1. The van der Waals surface area contributed by atoms with Crippen molar-refractivity contribution >= 4 is 5.97 Å². The molecule has 0 fully saturated rings. The molecule has 0 amide bonds. The lowest BCUT2D eigenvalue weighted by Gasteiger charge is -2.15. The molecule has 4 heteroatoms. The largest absolute Gasteiger partial charge is 0.508 e. The Labute approximate surface area is 124 Å². The summed E-state index contributed by atoms with van der Waals surface area (Å²) < 4.78 is 5.00. The Hall–Kier alpha value is -2.36. The summed E-state index contributed by atoms with van der Waals surface area (Å²) in [6.45, 7) is 4.18. The molecule has 1 N–H and O–H groups in total. The molecule has 1 heterocycles.